The van der Waals surface area contributed by atoms with E-state index in [-0.39, 0.29) is 36.6 Å². The lowest BCUT2D eigenvalue weighted by atomic mass is 10.1. The van der Waals surface area contributed by atoms with Gasteiger partial charge in [0.2, 0.25) is 0 Å². The van der Waals surface area contributed by atoms with E-state index >= 15 is 0 Å². The van der Waals surface area contributed by atoms with Crippen molar-refractivity contribution in [3.05, 3.63) is 46.4 Å². The van der Waals surface area contributed by atoms with Crippen LogP contribution in [0.1, 0.15) is 32.9 Å². The number of pyridine rings is 1. The molecule has 2 amide bonds. The van der Waals surface area contributed by atoms with Gasteiger partial charge in [-0.25, -0.2) is 0 Å². The van der Waals surface area contributed by atoms with Crippen LogP contribution in [0, 0.1) is 5.92 Å². The second-order valence-electron chi connectivity index (χ2n) is 5.76. The Labute approximate surface area is 169 Å². The lowest BCUT2D eigenvalue weighted by Crippen LogP contribution is -2.26. The molecule has 0 aromatic carbocycles. The molecule has 3 rings (SSSR count). The molecule has 9 heteroatoms. The van der Waals surface area contributed by atoms with Crippen LogP contribution in [-0.4, -0.2) is 36.4 Å². The number of halogens is 2. The molecule has 6 nitrogen and oxygen atoms in total. The topological polar surface area (TPSA) is 83.1 Å². The SMILES string of the molecule is Cl.Cl.O=C(Nc1ccsc1C(=O)NCCC1CCNC1)c1ccncc1. The monoisotopic (exact) mass is 416 g/mol. The predicted molar refractivity (Wildman–Crippen MR) is 109 cm³/mol. The molecular weight excluding hydrogens is 395 g/mol. The average Bonchev–Trinajstić information content (AvgIpc) is 3.27. The molecule has 1 aliphatic heterocycles. The lowest BCUT2D eigenvalue weighted by Gasteiger charge is -2.10. The summed E-state index contributed by atoms with van der Waals surface area (Å²) in [5, 5.41) is 10.9. The van der Waals surface area contributed by atoms with Crippen LogP contribution in [0.15, 0.2) is 36.0 Å². The minimum atomic E-state index is -0.248. The summed E-state index contributed by atoms with van der Waals surface area (Å²) in [6, 6.07) is 5.02. The zero-order valence-corrected chi connectivity index (χ0v) is 16.5. The molecule has 1 unspecified atom stereocenters. The standard InChI is InChI=1S/C17H20N4O2S.2ClH/c22-16(13-3-7-18-8-4-13)21-14-5-10-24-15(14)17(23)20-9-2-12-1-6-19-11-12;;/h3-5,7-8,10,12,19H,1-2,6,9,11H2,(H,20,23)(H,21,22);2*1H. The van der Waals surface area contributed by atoms with Gasteiger partial charge in [0.25, 0.3) is 11.8 Å². The fourth-order valence-electron chi connectivity index (χ4n) is 2.71. The van der Waals surface area contributed by atoms with E-state index < -0.39 is 0 Å². The Bertz CT molecular complexity index is 706. The predicted octanol–water partition coefficient (Wildman–Crippen LogP) is 2.97. The maximum atomic E-state index is 12.3. The van der Waals surface area contributed by atoms with Crippen LogP contribution in [0.5, 0.6) is 0 Å². The van der Waals surface area contributed by atoms with Gasteiger partial charge in [0.15, 0.2) is 0 Å². The molecule has 2 aromatic heterocycles. The maximum absolute atomic E-state index is 12.3. The molecule has 0 spiro atoms. The first kappa shape index (κ1) is 22.4. The molecule has 0 aliphatic carbocycles. The van der Waals surface area contributed by atoms with Crippen molar-refractivity contribution in [3.8, 4) is 0 Å². The molecule has 1 aliphatic rings. The van der Waals surface area contributed by atoms with Crippen LogP contribution >= 0.6 is 36.2 Å². The molecule has 3 N–H and O–H groups in total. The molecule has 0 bridgehead atoms. The first-order valence-corrected chi connectivity index (χ1v) is 8.90. The molecule has 142 valence electrons. The van der Waals surface area contributed by atoms with Crippen molar-refractivity contribution in [2.24, 2.45) is 5.92 Å². The number of anilines is 1. The van der Waals surface area contributed by atoms with Crippen molar-refractivity contribution in [3.63, 3.8) is 0 Å². The molecule has 2 aromatic rings. The van der Waals surface area contributed by atoms with Crippen LogP contribution in [0.2, 0.25) is 0 Å². The first-order chi connectivity index (χ1) is 11.7. The van der Waals surface area contributed by atoms with Gasteiger partial charge >= 0.3 is 0 Å². The highest BCUT2D eigenvalue weighted by molar-refractivity contribution is 7.12. The van der Waals surface area contributed by atoms with Gasteiger partial charge in [0.1, 0.15) is 4.88 Å². The summed E-state index contributed by atoms with van der Waals surface area (Å²) in [6.07, 6.45) is 5.27. The summed E-state index contributed by atoms with van der Waals surface area (Å²) in [5.41, 5.74) is 1.05. The Kier molecular flexibility index (Phi) is 9.58. The zero-order chi connectivity index (χ0) is 16.8. The number of amides is 2. The Hall–Kier alpha value is -1.67. The number of thiophene rings is 1. The number of carbonyl (C=O) groups excluding carboxylic acids is 2. The molecule has 1 atom stereocenters. The third-order valence-electron chi connectivity index (χ3n) is 4.06. The van der Waals surface area contributed by atoms with Crippen molar-refractivity contribution in [1.82, 2.24) is 15.6 Å². The van der Waals surface area contributed by atoms with Crippen molar-refractivity contribution >= 4 is 53.7 Å². The van der Waals surface area contributed by atoms with Crippen LogP contribution in [-0.2, 0) is 0 Å². The summed E-state index contributed by atoms with van der Waals surface area (Å²) >= 11 is 1.33. The second-order valence-corrected chi connectivity index (χ2v) is 6.67. The van der Waals surface area contributed by atoms with Crippen LogP contribution < -0.4 is 16.0 Å². The van der Waals surface area contributed by atoms with E-state index in [4.69, 9.17) is 0 Å². The Morgan fingerprint density at radius 1 is 1.19 bits per heavy atom. The fourth-order valence-corrected chi connectivity index (χ4v) is 3.48. The Morgan fingerprint density at radius 2 is 1.96 bits per heavy atom. The number of carbonyl (C=O) groups is 2. The fraction of sp³-hybridized carbons (Fsp3) is 0.353. The first-order valence-electron chi connectivity index (χ1n) is 8.02. The summed E-state index contributed by atoms with van der Waals surface area (Å²) in [6.45, 7) is 2.75. The van der Waals surface area contributed by atoms with Crippen molar-refractivity contribution in [2.45, 2.75) is 12.8 Å². The summed E-state index contributed by atoms with van der Waals surface area (Å²) in [7, 11) is 0. The number of nitrogens with zero attached hydrogens (tertiary/aromatic N) is 1. The van der Waals surface area contributed by atoms with Gasteiger partial charge in [-0.3, -0.25) is 14.6 Å². The Morgan fingerprint density at radius 3 is 2.65 bits per heavy atom. The number of hydrogen-bond acceptors (Lipinski definition) is 5. The quantitative estimate of drug-likeness (QED) is 0.675. The van der Waals surface area contributed by atoms with E-state index in [0.717, 1.165) is 19.5 Å². The van der Waals surface area contributed by atoms with Crippen molar-refractivity contribution in [1.29, 1.82) is 0 Å². The third-order valence-corrected chi connectivity index (χ3v) is 4.98. The van der Waals surface area contributed by atoms with E-state index in [1.54, 1.807) is 36.0 Å². The molecular formula is C17H22Cl2N4O2S. The number of nitrogens with one attached hydrogen (secondary N) is 3. The summed E-state index contributed by atoms with van der Waals surface area (Å²) in [4.78, 5) is 29.0. The van der Waals surface area contributed by atoms with E-state index in [9.17, 15) is 9.59 Å². The van der Waals surface area contributed by atoms with Crippen LogP contribution in [0.25, 0.3) is 0 Å². The van der Waals surface area contributed by atoms with Crippen molar-refractivity contribution < 1.29 is 9.59 Å². The van der Waals surface area contributed by atoms with Gasteiger partial charge in [-0.15, -0.1) is 36.2 Å². The van der Waals surface area contributed by atoms with E-state index in [1.807, 2.05) is 0 Å². The largest absolute Gasteiger partial charge is 0.351 e. The number of rotatable bonds is 6. The minimum Gasteiger partial charge on any atom is -0.351 e. The summed E-state index contributed by atoms with van der Waals surface area (Å²) < 4.78 is 0. The highest BCUT2D eigenvalue weighted by atomic mass is 35.5. The van der Waals surface area contributed by atoms with Gasteiger partial charge < -0.3 is 16.0 Å². The molecule has 0 saturated carbocycles. The molecule has 1 saturated heterocycles. The maximum Gasteiger partial charge on any atom is 0.263 e. The van der Waals surface area contributed by atoms with Gasteiger partial charge in [-0.2, -0.15) is 0 Å². The number of aromatic nitrogens is 1. The van der Waals surface area contributed by atoms with Gasteiger partial charge in [0, 0.05) is 24.5 Å². The highest BCUT2D eigenvalue weighted by Gasteiger charge is 2.17. The molecule has 26 heavy (non-hydrogen) atoms. The zero-order valence-electron chi connectivity index (χ0n) is 14.1. The van der Waals surface area contributed by atoms with Gasteiger partial charge in [0.05, 0.1) is 5.69 Å². The van der Waals surface area contributed by atoms with Crippen LogP contribution in [0.4, 0.5) is 5.69 Å². The second kappa shape index (κ2) is 11.1. The van der Waals surface area contributed by atoms with Gasteiger partial charge in [-0.05, 0) is 55.4 Å². The number of hydrogen-bond donors (Lipinski definition) is 3. The average molecular weight is 417 g/mol. The minimum absolute atomic E-state index is 0. The van der Waals surface area contributed by atoms with E-state index in [2.05, 4.69) is 20.9 Å². The Balaban J connectivity index is 0.00000169. The van der Waals surface area contributed by atoms with E-state index in [1.165, 1.54) is 17.8 Å². The molecule has 1 fully saturated rings. The van der Waals surface area contributed by atoms with Crippen molar-refractivity contribution in [2.75, 3.05) is 25.0 Å². The molecule has 3 heterocycles. The summed E-state index contributed by atoms with van der Waals surface area (Å²) in [5.74, 6) is 0.252. The lowest BCUT2D eigenvalue weighted by molar-refractivity contribution is 0.0956. The van der Waals surface area contributed by atoms with Crippen LogP contribution in [0.3, 0.4) is 0 Å². The normalized spacial score (nSPS) is 15.5. The smallest absolute Gasteiger partial charge is 0.263 e. The molecule has 0 radical (unpaired) electrons. The van der Waals surface area contributed by atoms with E-state index in [0.29, 0.717) is 28.6 Å². The van der Waals surface area contributed by atoms with Gasteiger partial charge in [-0.1, -0.05) is 0 Å². The highest BCUT2D eigenvalue weighted by Crippen LogP contribution is 2.23. The third kappa shape index (κ3) is 5.95.